The molecule has 1 aliphatic rings. The number of nitrogens with two attached hydrogens (primary N) is 1. The number of piperidine rings is 1. The van der Waals surface area contributed by atoms with Gasteiger partial charge in [0.2, 0.25) is 0 Å². The molecule has 0 amide bonds. The molecule has 5 heteroatoms. The third-order valence-electron chi connectivity index (χ3n) is 3.06. The minimum atomic E-state index is 0.325. The van der Waals surface area contributed by atoms with Gasteiger partial charge in [-0.05, 0) is 50.3 Å². The second-order valence-corrected chi connectivity index (χ2v) is 6.10. The van der Waals surface area contributed by atoms with Crippen LogP contribution in [-0.2, 0) is 0 Å². The second-order valence-electron chi connectivity index (χ2n) is 4.33. The Hall–Kier alpha value is -0.130. The molecule has 1 saturated heterocycles. The number of hydrogen-bond acceptors (Lipinski definition) is 3. The van der Waals surface area contributed by atoms with Crippen molar-refractivity contribution in [1.82, 2.24) is 4.98 Å². The number of pyridine rings is 1. The molecule has 0 spiro atoms. The molecular formula is C11H15Br2N3. The van der Waals surface area contributed by atoms with Crippen molar-refractivity contribution in [2.24, 2.45) is 11.7 Å². The number of nitrogens with zero attached hydrogens (tertiary/aromatic N) is 2. The molecule has 1 aliphatic heterocycles. The average Bonchev–Trinajstić information content (AvgIpc) is 2.22. The quantitative estimate of drug-likeness (QED) is 0.848. The molecular weight excluding hydrogens is 334 g/mol. The average molecular weight is 349 g/mol. The van der Waals surface area contributed by atoms with E-state index in [4.69, 9.17) is 5.73 Å². The Balaban J connectivity index is 2.18. The van der Waals surface area contributed by atoms with Crippen LogP contribution in [0.25, 0.3) is 0 Å². The first-order valence-electron chi connectivity index (χ1n) is 5.39. The Morgan fingerprint density at radius 2 is 2.25 bits per heavy atom. The van der Waals surface area contributed by atoms with Gasteiger partial charge in [-0.3, -0.25) is 0 Å². The number of halogens is 2. The van der Waals surface area contributed by atoms with Gasteiger partial charge in [-0.1, -0.05) is 6.92 Å². The summed E-state index contributed by atoms with van der Waals surface area (Å²) in [5, 5.41) is 0. The molecule has 2 unspecified atom stereocenters. The molecule has 0 saturated carbocycles. The van der Waals surface area contributed by atoms with Crippen molar-refractivity contribution in [3.63, 3.8) is 0 Å². The maximum atomic E-state index is 6.01. The number of aromatic nitrogens is 1. The van der Waals surface area contributed by atoms with Gasteiger partial charge in [0.15, 0.2) is 0 Å². The maximum Gasteiger partial charge on any atom is 0.142 e. The maximum absolute atomic E-state index is 6.01. The van der Waals surface area contributed by atoms with Crippen LogP contribution < -0.4 is 10.6 Å². The zero-order chi connectivity index (χ0) is 11.7. The van der Waals surface area contributed by atoms with E-state index in [9.17, 15) is 0 Å². The SMILES string of the molecule is CC1CN(c2ncc(Br)cc2Br)CCC1N. The predicted octanol–water partition coefficient (Wildman–Crippen LogP) is 2.78. The molecule has 0 bridgehead atoms. The molecule has 16 heavy (non-hydrogen) atoms. The van der Waals surface area contributed by atoms with Crippen molar-refractivity contribution in [2.45, 2.75) is 19.4 Å². The summed E-state index contributed by atoms with van der Waals surface area (Å²) in [6, 6.07) is 2.35. The Morgan fingerprint density at radius 3 is 2.88 bits per heavy atom. The van der Waals surface area contributed by atoms with Crippen molar-refractivity contribution >= 4 is 37.7 Å². The van der Waals surface area contributed by atoms with Crippen LogP contribution in [0.5, 0.6) is 0 Å². The Labute approximate surface area is 113 Å². The molecule has 0 aromatic carbocycles. The van der Waals surface area contributed by atoms with E-state index in [1.807, 2.05) is 12.3 Å². The first-order chi connectivity index (χ1) is 7.58. The fourth-order valence-corrected chi connectivity index (χ4v) is 3.23. The predicted molar refractivity (Wildman–Crippen MR) is 73.6 cm³/mol. The third kappa shape index (κ3) is 2.57. The largest absolute Gasteiger partial charge is 0.355 e. The van der Waals surface area contributed by atoms with Gasteiger partial charge >= 0.3 is 0 Å². The van der Waals surface area contributed by atoms with Crippen molar-refractivity contribution < 1.29 is 0 Å². The van der Waals surface area contributed by atoms with Crippen LogP contribution in [-0.4, -0.2) is 24.1 Å². The topological polar surface area (TPSA) is 42.2 Å². The van der Waals surface area contributed by atoms with Gasteiger partial charge in [0.05, 0.1) is 4.47 Å². The molecule has 2 rings (SSSR count). The molecule has 2 N–H and O–H groups in total. The van der Waals surface area contributed by atoms with Crippen LogP contribution in [0.15, 0.2) is 21.2 Å². The van der Waals surface area contributed by atoms with Crippen LogP contribution in [0.2, 0.25) is 0 Å². The van der Waals surface area contributed by atoms with Gasteiger partial charge in [-0.15, -0.1) is 0 Å². The first-order valence-corrected chi connectivity index (χ1v) is 6.98. The lowest BCUT2D eigenvalue weighted by Crippen LogP contribution is -2.46. The molecule has 1 fully saturated rings. The molecule has 0 radical (unpaired) electrons. The standard InChI is InChI=1S/C11H15Br2N3/c1-7-6-16(3-2-10(7)14)11-9(13)4-8(12)5-15-11/h4-5,7,10H,2-3,6,14H2,1H3. The lowest BCUT2D eigenvalue weighted by Gasteiger charge is -2.36. The molecule has 2 atom stereocenters. The van der Waals surface area contributed by atoms with Gasteiger partial charge in [0.25, 0.3) is 0 Å². The number of hydrogen-bond donors (Lipinski definition) is 1. The zero-order valence-electron chi connectivity index (χ0n) is 9.16. The first kappa shape index (κ1) is 12.3. The van der Waals surface area contributed by atoms with Crippen LogP contribution in [0.4, 0.5) is 5.82 Å². The number of anilines is 1. The van der Waals surface area contributed by atoms with Gasteiger partial charge in [0, 0.05) is 29.8 Å². The Bertz CT molecular complexity index is 383. The van der Waals surface area contributed by atoms with Crippen LogP contribution in [0.3, 0.4) is 0 Å². The highest BCUT2D eigenvalue weighted by Gasteiger charge is 2.24. The van der Waals surface area contributed by atoms with E-state index >= 15 is 0 Å². The molecule has 3 nitrogen and oxygen atoms in total. The van der Waals surface area contributed by atoms with Gasteiger partial charge in [0.1, 0.15) is 5.82 Å². The van der Waals surface area contributed by atoms with Crippen molar-refractivity contribution in [3.8, 4) is 0 Å². The smallest absolute Gasteiger partial charge is 0.142 e. The van der Waals surface area contributed by atoms with Crippen molar-refractivity contribution in [3.05, 3.63) is 21.2 Å². The zero-order valence-corrected chi connectivity index (χ0v) is 12.3. The highest BCUT2D eigenvalue weighted by molar-refractivity contribution is 9.11. The molecule has 2 heterocycles. The second kappa shape index (κ2) is 5.02. The van der Waals surface area contributed by atoms with Crippen molar-refractivity contribution in [2.75, 3.05) is 18.0 Å². The van der Waals surface area contributed by atoms with Gasteiger partial charge < -0.3 is 10.6 Å². The van der Waals surface area contributed by atoms with E-state index in [1.54, 1.807) is 0 Å². The highest BCUT2D eigenvalue weighted by Crippen LogP contribution is 2.29. The van der Waals surface area contributed by atoms with E-state index in [-0.39, 0.29) is 0 Å². The summed E-state index contributed by atoms with van der Waals surface area (Å²) in [6.45, 7) is 4.16. The Kier molecular flexibility index (Phi) is 3.87. The number of rotatable bonds is 1. The molecule has 88 valence electrons. The lowest BCUT2D eigenvalue weighted by atomic mass is 9.95. The van der Waals surface area contributed by atoms with E-state index in [2.05, 4.69) is 48.7 Å². The molecule has 1 aromatic heterocycles. The van der Waals surface area contributed by atoms with Crippen LogP contribution in [0.1, 0.15) is 13.3 Å². The third-order valence-corrected chi connectivity index (χ3v) is 4.08. The van der Waals surface area contributed by atoms with Crippen LogP contribution in [0, 0.1) is 5.92 Å². The summed E-state index contributed by atoms with van der Waals surface area (Å²) in [5.41, 5.74) is 6.01. The molecule has 1 aromatic rings. The summed E-state index contributed by atoms with van der Waals surface area (Å²) in [4.78, 5) is 6.75. The highest BCUT2D eigenvalue weighted by atomic mass is 79.9. The van der Waals surface area contributed by atoms with Crippen molar-refractivity contribution in [1.29, 1.82) is 0 Å². The summed E-state index contributed by atoms with van der Waals surface area (Å²) < 4.78 is 2.02. The fraction of sp³-hybridized carbons (Fsp3) is 0.545. The van der Waals surface area contributed by atoms with E-state index in [1.165, 1.54) is 0 Å². The van der Waals surface area contributed by atoms with E-state index in [0.717, 1.165) is 34.3 Å². The van der Waals surface area contributed by atoms with Gasteiger partial charge in [-0.25, -0.2) is 4.98 Å². The normalized spacial score (nSPS) is 25.9. The minimum absolute atomic E-state index is 0.325. The lowest BCUT2D eigenvalue weighted by molar-refractivity contribution is 0.381. The summed E-state index contributed by atoms with van der Waals surface area (Å²) in [6.07, 6.45) is 2.87. The summed E-state index contributed by atoms with van der Waals surface area (Å²) in [7, 11) is 0. The summed E-state index contributed by atoms with van der Waals surface area (Å²) >= 11 is 6.96. The monoisotopic (exact) mass is 347 g/mol. The summed E-state index contributed by atoms with van der Waals surface area (Å²) in [5.74, 6) is 1.54. The van der Waals surface area contributed by atoms with Gasteiger partial charge in [-0.2, -0.15) is 0 Å². The minimum Gasteiger partial charge on any atom is -0.355 e. The van der Waals surface area contributed by atoms with E-state index < -0.39 is 0 Å². The van der Waals surface area contributed by atoms with Crippen LogP contribution >= 0.6 is 31.9 Å². The fourth-order valence-electron chi connectivity index (χ4n) is 2.00. The van der Waals surface area contributed by atoms with E-state index in [0.29, 0.717) is 12.0 Å². The molecule has 0 aliphatic carbocycles. The Morgan fingerprint density at radius 1 is 1.50 bits per heavy atom.